The highest BCUT2D eigenvalue weighted by Gasteiger charge is 2.34. The second-order valence-corrected chi connectivity index (χ2v) is 9.25. The molecule has 1 heterocycles. The van der Waals surface area contributed by atoms with E-state index in [-0.39, 0.29) is 12.3 Å². The number of urea groups is 1. The largest absolute Gasteiger partial charge is 0.490 e. The van der Waals surface area contributed by atoms with Gasteiger partial charge in [0, 0.05) is 15.6 Å². The van der Waals surface area contributed by atoms with Crippen LogP contribution in [0.15, 0.2) is 66.4 Å². The van der Waals surface area contributed by atoms with E-state index < -0.39 is 11.9 Å². The summed E-state index contributed by atoms with van der Waals surface area (Å²) in [6.07, 6.45) is 1.61. The van der Waals surface area contributed by atoms with Crippen LogP contribution in [0, 0.1) is 3.57 Å². The second-order valence-electron chi connectivity index (χ2n) is 7.25. The molecule has 174 valence electrons. The quantitative estimate of drug-likeness (QED) is 0.185. The molecule has 0 atom stereocenters. The molecule has 0 bridgehead atoms. The Labute approximate surface area is 220 Å². The fourth-order valence-corrected chi connectivity index (χ4v) is 4.46. The van der Waals surface area contributed by atoms with Crippen LogP contribution in [0.1, 0.15) is 18.1 Å². The number of benzene rings is 3. The minimum atomic E-state index is -0.530. The molecule has 0 saturated carbocycles. The molecule has 0 unspecified atom stereocenters. The lowest BCUT2D eigenvalue weighted by Crippen LogP contribution is -2.30. The van der Waals surface area contributed by atoms with Gasteiger partial charge in [-0.3, -0.25) is 4.79 Å². The lowest BCUT2D eigenvalue weighted by atomic mass is 10.1. The summed E-state index contributed by atoms with van der Waals surface area (Å²) in [6, 6.07) is 17.0. The number of imide groups is 1. The van der Waals surface area contributed by atoms with Crippen LogP contribution in [0.4, 0.5) is 10.5 Å². The van der Waals surface area contributed by atoms with Crippen LogP contribution in [0.5, 0.6) is 11.5 Å². The summed E-state index contributed by atoms with van der Waals surface area (Å²) in [5, 5.41) is 3.77. The Morgan fingerprint density at radius 2 is 1.76 bits per heavy atom. The molecule has 1 aliphatic heterocycles. The lowest BCUT2D eigenvalue weighted by molar-refractivity contribution is -0.113. The van der Waals surface area contributed by atoms with Crippen molar-refractivity contribution in [2.75, 3.05) is 11.5 Å². The highest BCUT2D eigenvalue weighted by molar-refractivity contribution is 14.1. The molecule has 1 fully saturated rings. The van der Waals surface area contributed by atoms with Crippen LogP contribution in [0.25, 0.3) is 6.08 Å². The van der Waals surface area contributed by atoms with Crippen LogP contribution in [0.2, 0.25) is 10.0 Å². The summed E-state index contributed by atoms with van der Waals surface area (Å²) in [6.45, 7) is 2.58. The summed E-state index contributed by atoms with van der Waals surface area (Å²) in [5.74, 6) is 0.646. The number of amides is 3. The van der Waals surface area contributed by atoms with E-state index in [9.17, 15) is 9.59 Å². The number of anilines is 1. The van der Waals surface area contributed by atoms with Gasteiger partial charge in [0.2, 0.25) is 0 Å². The van der Waals surface area contributed by atoms with Gasteiger partial charge in [-0.05, 0) is 83.6 Å². The highest BCUT2D eigenvalue weighted by Crippen LogP contribution is 2.36. The molecule has 34 heavy (non-hydrogen) atoms. The van der Waals surface area contributed by atoms with E-state index in [0.717, 1.165) is 14.0 Å². The SMILES string of the molecule is CCOc1cc(/C=C2/NC(=O)N(c3ccc(Cl)cc3)C2=O)cc(I)c1OCc1ccccc1Cl. The third-order valence-corrected chi connectivity index (χ3v) is 6.36. The van der Waals surface area contributed by atoms with E-state index in [1.807, 2.05) is 37.3 Å². The van der Waals surface area contributed by atoms with Crippen LogP contribution in [0.3, 0.4) is 0 Å². The van der Waals surface area contributed by atoms with Gasteiger partial charge in [-0.1, -0.05) is 41.4 Å². The molecule has 3 aromatic rings. The molecule has 4 rings (SSSR count). The zero-order chi connectivity index (χ0) is 24.2. The highest BCUT2D eigenvalue weighted by atomic mass is 127. The molecule has 9 heteroatoms. The number of halogens is 3. The van der Waals surface area contributed by atoms with Crippen molar-refractivity contribution in [2.45, 2.75) is 13.5 Å². The lowest BCUT2D eigenvalue weighted by Gasteiger charge is -2.15. The van der Waals surface area contributed by atoms with Crippen molar-refractivity contribution in [3.05, 3.63) is 91.1 Å². The third kappa shape index (κ3) is 5.32. The molecule has 1 N–H and O–H groups in total. The van der Waals surface area contributed by atoms with E-state index in [0.29, 0.717) is 39.4 Å². The monoisotopic (exact) mass is 608 g/mol. The molecular weight excluding hydrogens is 590 g/mol. The van der Waals surface area contributed by atoms with Crippen LogP contribution in [-0.2, 0) is 11.4 Å². The Morgan fingerprint density at radius 3 is 2.47 bits per heavy atom. The first-order valence-corrected chi connectivity index (χ1v) is 12.2. The zero-order valence-electron chi connectivity index (χ0n) is 18.0. The summed E-state index contributed by atoms with van der Waals surface area (Å²) in [5.41, 5.74) is 2.13. The first-order valence-electron chi connectivity index (χ1n) is 10.3. The van der Waals surface area contributed by atoms with Crippen molar-refractivity contribution >= 4 is 69.5 Å². The topological polar surface area (TPSA) is 67.9 Å². The fourth-order valence-electron chi connectivity index (χ4n) is 3.37. The number of carbonyl (C=O) groups is 2. The Balaban J connectivity index is 1.60. The average molecular weight is 609 g/mol. The predicted molar refractivity (Wildman–Crippen MR) is 142 cm³/mol. The van der Waals surface area contributed by atoms with Crippen molar-refractivity contribution in [3.8, 4) is 11.5 Å². The molecule has 3 aromatic carbocycles. The van der Waals surface area contributed by atoms with Crippen LogP contribution >= 0.6 is 45.8 Å². The van der Waals surface area contributed by atoms with Gasteiger partial charge in [-0.2, -0.15) is 0 Å². The minimum Gasteiger partial charge on any atom is -0.490 e. The smallest absolute Gasteiger partial charge is 0.333 e. The fraction of sp³-hybridized carbons (Fsp3) is 0.120. The Bertz CT molecular complexity index is 1280. The molecule has 0 aromatic heterocycles. The van der Waals surface area contributed by atoms with E-state index in [4.69, 9.17) is 32.7 Å². The summed E-state index contributed by atoms with van der Waals surface area (Å²) in [7, 11) is 0. The summed E-state index contributed by atoms with van der Waals surface area (Å²) < 4.78 is 12.6. The summed E-state index contributed by atoms with van der Waals surface area (Å²) >= 11 is 14.3. The van der Waals surface area contributed by atoms with Gasteiger partial charge in [0.1, 0.15) is 12.3 Å². The van der Waals surface area contributed by atoms with Crippen molar-refractivity contribution in [3.63, 3.8) is 0 Å². The van der Waals surface area contributed by atoms with Gasteiger partial charge in [0.15, 0.2) is 11.5 Å². The van der Waals surface area contributed by atoms with Crippen molar-refractivity contribution in [1.82, 2.24) is 5.32 Å². The summed E-state index contributed by atoms with van der Waals surface area (Å²) in [4.78, 5) is 26.5. The second kappa shape index (κ2) is 10.7. The molecule has 1 aliphatic rings. The first-order chi connectivity index (χ1) is 16.4. The standard InChI is InChI=1S/C25H19Cl2IN2O4/c1-2-33-22-13-15(11-20(28)23(22)34-14-16-5-3-4-6-19(16)27)12-21-24(31)30(25(32)29-21)18-9-7-17(26)8-10-18/h3-13H,2,14H2,1H3,(H,29,32)/b21-12+. The van der Waals surface area contributed by atoms with Crippen molar-refractivity contribution < 1.29 is 19.1 Å². The third-order valence-electron chi connectivity index (χ3n) is 4.94. The normalized spacial score (nSPS) is 14.5. The number of ether oxygens (including phenoxy) is 2. The van der Waals surface area contributed by atoms with Crippen LogP contribution < -0.4 is 19.7 Å². The maximum atomic E-state index is 12.9. The van der Waals surface area contributed by atoms with Crippen LogP contribution in [-0.4, -0.2) is 18.5 Å². The number of carbonyl (C=O) groups excluding carboxylic acids is 2. The van der Waals surface area contributed by atoms with Gasteiger partial charge in [0.05, 0.1) is 15.9 Å². The Morgan fingerprint density at radius 1 is 1.03 bits per heavy atom. The van der Waals surface area contributed by atoms with Crippen molar-refractivity contribution in [2.24, 2.45) is 0 Å². The van der Waals surface area contributed by atoms with Gasteiger partial charge in [0.25, 0.3) is 5.91 Å². The molecule has 3 amide bonds. The van der Waals surface area contributed by atoms with E-state index in [1.165, 1.54) is 0 Å². The number of rotatable bonds is 7. The van der Waals surface area contributed by atoms with Gasteiger partial charge >= 0.3 is 6.03 Å². The molecule has 0 spiro atoms. The van der Waals surface area contributed by atoms with Crippen molar-refractivity contribution in [1.29, 1.82) is 0 Å². The molecule has 6 nitrogen and oxygen atoms in total. The van der Waals surface area contributed by atoms with E-state index >= 15 is 0 Å². The Hall–Kier alpha value is -2.75. The number of hydrogen-bond donors (Lipinski definition) is 1. The first kappa shape index (κ1) is 24.4. The zero-order valence-corrected chi connectivity index (χ0v) is 21.6. The molecule has 0 radical (unpaired) electrons. The van der Waals surface area contributed by atoms with E-state index in [2.05, 4.69) is 27.9 Å². The number of nitrogens with one attached hydrogen (secondary N) is 1. The number of nitrogens with zero attached hydrogens (tertiary/aromatic N) is 1. The molecule has 0 aliphatic carbocycles. The molecule has 1 saturated heterocycles. The predicted octanol–water partition coefficient (Wildman–Crippen LogP) is 6.67. The minimum absolute atomic E-state index is 0.155. The number of hydrogen-bond acceptors (Lipinski definition) is 4. The van der Waals surface area contributed by atoms with Gasteiger partial charge in [-0.15, -0.1) is 0 Å². The maximum absolute atomic E-state index is 12.9. The Kier molecular flexibility index (Phi) is 7.65. The average Bonchev–Trinajstić information content (AvgIpc) is 3.08. The van der Waals surface area contributed by atoms with E-state index in [1.54, 1.807) is 36.4 Å². The maximum Gasteiger partial charge on any atom is 0.333 e. The van der Waals surface area contributed by atoms with Gasteiger partial charge in [-0.25, -0.2) is 9.69 Å². The van der Waals surface area contributed by atoms with Gasteiger partial charge < -0.3 is 14.8 Å². The molecular formula is C25H19Cl2IN2O4.